The van der Waals surface area contributed by atoms with Gasteiger partial charge in [0, 0.05) is 38.0 Å². The topological polar surface area (TPSA) is 67.2 Å². The lowest BCUT2D eigenvalue weighted by Gasteiger charge is -2.24. The van der Waals surface area contributed by atoms with E-state index >= 15 is 0 Å². The Labute approximate surface area is 176 Å². The Morgan fingerprint density at radius 3 is 2.57 bits per heavy atom. The minimum absolute atomic E-state index is 0.0351. The molecule has 1 aliphatic carbocycles. The minimum atomic E-state index is 0.0351. The molecular weight excluding hydrogens is 376 g/mol. The number of nitrogens with zero attached hydrogens (tertiary/aromatic N) is 6. The fourth-order valence-electron chi connectivity index (χ4n) is 4.15. The van der Waals surface area contributed by atoms with E-state index in [4.69, 9.17) is 9.97 Å². The predicted octanol–water partition coefficient (Wildman–Crippen LogP) is 3.39. The summed E-state index contributed by atoms with van der Waals surface area (Å²) in [5.41, 5.74) is 1.87. The van der Waals surface area contributed by atoms with Crippen LogP contribution in [-0.2, 0) is 4.79 Å². The third-order valence-electron chi connectivity index (χ3n) is 5.97. The van der Waals surface area contributed by atoms with Crippen LogP contribution in [-0.4, -0.2) is 56.7 Å². The maximum Gasteiger partial charge on any atom is 0.225 e. The molecule has 1 aliphatic heterocycles. The number of anilines is 1. The number of aromatic nitrogens is 4. The average Bonchev–Trinajstić information content (AvgIpc) is 3.56. The van der Waals surface area contributed by atoms with Crippen LogP contribution in [0.2, 0.25) is 0 Å². The van der Waals surface area contributed by atoms with Crippen molar-refractivity contribution in [2.24, 2.45) is 5.92 Å². The molecule has 1 saturated heterocycles. The van der Waals surface area contributed by atoms with Crippen molar-refractivity contribution in [2.75, 3.05) is 31.1 Å². The first-order valence-electron chi connectivity index (χ1n) is 11.0. The lowest BCUT2D eigenvalue weighted by molar-refractivity contribution is -0.134. The molecule has 7 nitrogen and oxygen atoms in total. The van der Waals surface area contributed by atoms with E-state index in [0.29, 0.717) is 5.92 Å². The summed E-state index contributed by atoms with van der Waals surface area (Å²) in [5, 5.41) is 5.63. The van der Waals surface area contributed by atoms with Gasteiger partial charge in [-0.3, -0.25) is 4.79 Å². The van der Waals surface area contributed by atoms with Crippen LogP contribution >= 0.6 is 0 Å². The first-order chi connectivity index (χ1) is 14.6. The maximum atomic E-state index is 12.5. The molecule has 1 amide bonds. The summed E-state index contributed by atoms with van der Waals surface area (Å²) in [6.45, 7) is 7.14. The Kier molecular flexibility index (Phi) is 4.89. The van der Waals surface area contributed by atoms with Crippen LogP contribution < -0.4 is 4.90 Å². The molecule has 5 rings (SSSR count). The summed E-state index contributed by atoms with van der Waals surface area (Å²) >= 11 is 0. The molecule has 0 radical (unpaired) electrons. The number of benzene rings is 1. The molecule has 7 heteroatoms. The number of carbonyl (C=O) groups excluding carboxylic acids is 1. The highest BCUT2D eigenvalue weighted by molar-refractivity contribution is 5.88. The van der Waals surface area contributed by atoms with Gasteiger partial charge < -0.3 is 9.80 Å². The number of fused-ring (bicyclic) bond motifs is 1. The summed E-state index contributed by atoms with van der Waals surface area (Å²) in [7, 11) is 0. The van der Waals surface area contributed by atoms with Crippen molar-refractivity contribution in [1.29, 1.82) is 0 Å². The molecule has 1 aromatic carbocycles. The normalized spacial score (nSPS) is 17.6. The number of hydrogen-bond donors (Lipinski definition) is 0. The van der Waals surface area contributed by atoms with Gasteiger partial charge in [-0.05, 0) is 31.4 Å². The molecule has 0 N–H and O–H groups in total. The SMILES string of the molecule is CC(C)C(=O)N1CCCN(c2nc(C3CC3)nc3c2cnn3-c2ccccc2)CC1. The van der Waals surface area contributed by atoms with Crippen LogP contribution in [0.1, 0.15) is 44.9 Å². The Morgan fingerprint density at radius 1 is 1.03 bits per heavy atom. The van der Waals surface area contributed by atoms with Gasteiger partial charge in [0.25, 0.3) is 0 Å². The molecule has 3 heterocycles. The van der Waals surface area contributed by atoms with E-state index in [9.17, 15) is 4.79 Å². The van der Waals surface area contributed by atoms with Crippen LogP contribution in [0.5, 0.6) is 0 Å². The summed E-state index contributed by atoms with van der Waals surface area (Å²) in [4.78, 5) is 26.7. The molecule has 156 valence electrons. The van der Waals surface area contributed by atoms with Crippen molar-refractivity contribution in [3.63, 3.8) is 0 Å². The van der Waals surface area contributed by atoms with E-state index in [1.54, 1.807) is 0 Å². The first kappa shape index (κ1) is 19.0. The molecule has 2 aliphatic rings. The zero-order chi connectivity index (χ0) is 20.7. The van der Waals surface area contributed by atoms with Gasteiger partial charge in [-0.1, -0.05) is 32.0 Å². The van der Waals surface area contributed by atoms with Gasteiger partial charge in [0.1, 0.15) is 11.6 Å². The van der Waals surface area contributed by atoms with Crippen molar-refractivity contribution in [3.05, 3.63) is 42.4 Å². The zero-order valence-corrected chi connectivity index (χ0v) is 17.7. The summed E-state index contributed by atoms with van der Waals surface area (Å²) < 4.78 is 1.92. The number of amides is 1. The van der Waals surface area contributed by atoms with Crippen molar-refractivity contribution in [3.8, 4) is 5.69 Å². The standard InChI is InChI=1S/C23H28N6O/c1-16(2)23(30)28-12-6-11-27(13-14-28)21-19-15-24-29(18-7-4-3-5-8-18)22(19)26-20(25-21)17-9-10-17/h3-5,7-8,15-17H,6,9-14H2,1-2H3. The van der Waals surface area contributed by atoms with Gasteiger partial charge in [-0.15, -0.1) is 0 Å². The van der Waals surface area contributed by atoms with Gasteiger partial charge in [0.05, 0.1) is 17.3 Å². The van der Waals surface area contributed by atoms with E-state index in [1.165, 1.54) is 0 Å². The molecule has 0 atom stereocenters. The Hall–Kier alpha value is -2.96. The molecule has 0 unspecified atom stereocenters. The van der Waals surface area contributed by atoms with E-state index < -0.39 is 0 Å². The van der Waals surface area contributed by atoms with E-state index in [-0.39, 0.29) is 11.8 Å². The van der Waals surface area contributed by atoms with Crippen molar-refractivity contribution < 1.29 is 4.79 Å². The Morgan fingerprint density at radius 2 is 1.83 bits per heavy atom. The largest absolute Gasteiger partial charge is 0.354 e. The van der Waals surface area contributed by atoms with E-state index in [2.05, 4.69) is 10.00 Å². The maximum absolute atomic E-state index is 12.5. The van der Waals surface area contributed by atoms with Gasteiger partial charge >= 0.3 is 0 Å². The fraction of sp³-hybridized carbons (Fsp3) is 0.478. The molecule has 2 aromatic heterocycles. The lowest BCUT2D eigenvalue weighted by Crippen LogP contribution is -2.37. The third-order valence-corrected chi connectivity index (χ3v) is 5.97. The van der Waals surface area contributed by atoms with Crippen molar-refractivity contribution in [1.82, 2.24) is 24.6 Å². The molecule has 1 saturated carbocycles. The van der Waals surface area contributed by atoms with Gasteiger partial charge in [-0.25, -0.2) is 14.6 Å². The number of carbonyl (C=O) groups is 1. The molecule has 2 fully saturated rings. The molecular formula is C23H28N6O. The highest BCUT2D eigenvalue weighted by Gasteiger charge is 2.30. The monoisotopic (exact) mass is 404 g/mol. The van der Waals surface area contributed by atoms with Crippen LogP contribution in [0.3, 0.4) is 0 Å². The van der Waals surface area contributed by atoms with Gasteiger partial charge in [-0.2, -0.15) is 5.10 Å². The zero-order valence-electron chi connectivity index (χ0n) is 17.7. The summed E-state index contributed by atoms with van der Waals surface area (Å²) in [6, 6.07) is 10.1. The van der Waals surface area contributed by atoms with Crippen LogP contribution in [0.25, 0.3) is 16.7 Å². The van der Waals surface area contributed by atoms with Gasteiger partial charge in [0.15, 0.2) is 5.65 Å². The fourth-order valence-corrected chi connectivity index (χ4v) is 4.15. The Balaban J connectivity index is 1.52. The second-order valence-electron chi connectivity index (χ2n) is 8.63. The molecule has 30 heavy (non-hydrogen) atoms. The number of para-hydroxylation sites is 1. The third kappa shape index (κ3) is 3.53. The first-order valence-corrected chi connectivity index (χ1v) is 11.0. The van der Waals surface area contributed by atoms with E-state index in [1.807, 2.05) is 60.0 Å². The highest BCUT2D eigenvalue weighted by atomic mass is 16.2. The summed E-state index contributed by atoms with van der Waals surface area (Å²) in [5.74, 6) is 2.61. The van der Waals surface area contributed by atoms with Crippen LogP contribution in [0.15, 0.2) is 36.5 Å². The van der Waals surface area contributed by atoms with Crippen LogP contribution in [0.4, 0.5) is 5.82 Å². The second kappa shape index (κ2) is 7.70. The van der Waals surface area contributed by atoms with Gasteiger partial charge in [0.2, 0.25) is 5.91 Å². The lowest BCUT2D eigenvalue weighted by atomic mass is 10.2. The van der Waals surface area contributed by atoms with E-state index in [0.717, 1.165) is 73.8 Å². The van der Waals surface area contributed by atoms with Crippen molar-refractivity contribution in [2.45, 2.75) is 39.0 Å². The minimum Gasteiger partial charge on any atom is -0.354 e. The summed E-state index contributed by atoms with van der Waals surface area (Å²) in [6.07, 6.45) is 5.13. The quantitative estimate of drug-likeness (QED) is 0.667. The second-order valence-corrected chi connectivity index (χ2v) is 8.63. The highest BCUT2D eigenvalue weighted by Crippen LogP contribution is 2.40. The van der Waals surface area contributed by atoms with Crippen molar-refractivity contribution >= 4 is 22.8 Å². The molecule has 3 aromatic rings. The average molecular weight is 405 g/mol. The predicted molar refractivity (Wildman–Crippen MR) is 117 cm³/mol. The number of hydrogen-bond acceptors (Lipinski definition) is 5. The molecule has 0 bridgehead atoms. The number of rotatable bonds is 4. The van der Waals surface area contributed by atoms with Crippen LogP contribution in [0, 0.1) is 5.92 Å². The smallest absolute Gasteiger partial charge is 0.225 e. The molecule has 0 spiro atoms. The Bertz CT molecular complexity index is 1060.